The molecule has 0 aliphatic carbocycles. The molecule has 21 heavy (non-hydrogen) atoms. The molecular formula is C13H14N2O5S. The normalized spacial score (nSPS) is 18.3. The SMILES string of the molecule is C=CCc1ccc([N+](=O)[O-])cc1S(=O)(=O)C1CCNC1=O. The predicted octanol–water partition coefficient (Wildman–Crippen LogP) is 0.985. The lowest BCUT2D eigenvalue weighted by Crippen LogP contribution is -2.31. The molecule has 1 aliphatic heterocycles. The van der Waals surface area contributed by atoms with Gasteiger partial charge in [0.25, 0.3) is 5.69 Å². The fourth-order valence-electron chi connectivity index (χ4n) is 2.27. The second-order valence-electron chi connectivity index (χ2n) is 4.66. The monoisotopic (exact) mass is 310 g/mol. The molecule has 7 nitrogen and oxygen atoms in total. The van der Waals surface area contributed by atoms with Crippen LogP contribution in [-0.4, -0.2) is 31.0 Å². The molecule has 0 saturated carbocycles. The van der Waals surface area contributed by atoms with Crippen molar-refractivity contribution in [2.24, 2.45) is 0 Å². The van der Waals surface area contributed by atoms with Gasteiger partial charge >= 0.3 is 0 Å². The zero-order valence-corrected chi connectivity index (χ0v) is 11.9. The topological polar surface area (TPSA) is 106 Å². The molecule has 112 valence electrons. The molecule has 1 fully saturated rings. The Kier molecular flexibility index (Phi) is 4.08. The predicted molar refractivity (Wildman–Crippen MR) is 75.6 cm³/mol. The van der Waals surface area contributed by atoms with Gasteiger partial charge in [-0.15, -0.1) is 6.58 Å². The van der Waals surface area contributed by atoms with Crippen molar-refractivity contribution in [1.82, 2.24) is 5.32 Å². The highest BCUT2D eigenvalue weighted by atomic mass is 32.2. The van der Waals surface area contributed by atoms with Crippen LogP contribution >= 0.6 is 0 Å². The van der Waals surface area contributed by atoms with Crippen molar-refractivity contribution in [3.63, 3.8) is 0 Å². The number of hydrogen-bond donors (Lipinski definition) is 1. The van der Waals surface area contributed by atoms with E-state index in [1.165, 1.54) is 18.2 Å². The van der Waals surface area contributed by atoms with Crippen molar-refractivity contribution in [3.05, 3.63) is 46.5 Å². The summed E-state index contributed by atoms with van der Waals surface area (Å²) in [6.07, 6.45) is 1.92. The molecular weight excluding hydrogens is 296 g/mol. The van der Waals surface area contributed by atoms with Crippen LogP contribution in [-0.2, 0) is 21.1 Å². The van der Waals surface area contributed by atoms with Gasteiger partial charge in [-0.1, -0.05) is 12.1 Å². The number of non-ortho nitro benzene ring substituents is 1. The highest BCUT2D eigenvalue weighted by molar-refractivity contribution is 7.92. The lowest BCUT2D eigenvalue weighted by Gasteiger charge is -2.12. The Morgan fingerprint density at radius 2 is 2.19 bits per heavy atom. The third kappa shape index (κ3) is 2.80. The van der Waals surface area contributed by atoms with Crippen molar-refractivity contribution in [2.45, 2.75) is 23.0 Å². The third-order valence-electron chi connectivity index (χ3n) is 3.31. The van der Waals surface area contributed by atoms with E-state index in [4.69, 9.17) is 0 Å². The van der Waals surface area contributed by atoms with Crippen LogP contribution < -0.4 is 5.32 Å². The van der Waals surface area contributed by atoms with Crippen LogP contribution in [0.4, 0.5) is 5.69 Å². The van der Waals surface area contributed by atoms with Crippen LogP contribution in [0.15, 0.2) is 35.7 Å². The van der Waals surface area contributed by atoms with Crippen molar-refractivity contribution >= 4 is 21.4 Å². The van der Waals surface area contributed by atoms with Gasteiger partial charge < -0.3 is 5.32 Å². The van der Waals surface area contributed by atoms with E-state index in [9.17, 15) is 23.3 Å². The van der Waals surface area contributed by atoms with E-state index in [2.05, 4.69) is 11.9 Å². The number of hydrogen-bond acceptors (Lipinski definition) is 5. The first-order valence-corrected chi connectivity index (χ1v) is 7.82. The fraction of sp³-hybridized carbons (Fsp3) is 0.308. The minimum Gasteiger partial charge on any atom is -0.355 e. The van der Waals surface area contributed by atoms with Gasteiger partial charge in [-0.2, -0.15) is 0 Å². The molecule has 1 N–H and O–H groups in total. The van der Waals surface area contributed by atoms with E-state index in [1.807, 2.05) is 0 Å². The summed E-state index contributed by atoms with van der Waals surface area (Å²) in [7, 11) is -3.96. The van der Waals surface area contributed by atoms with Crippen LogP contribution in [0.25, 0.3) is 0 Å². The Morgan fingerprint density at radius 3 is 2.71 bits per heavy atom. The molecule has 8 heteroatoms. The van der Waals surface area contributed by atoms with Crippen LogP contribution in [0, 0.1) is 10.1 Å². The van der Waals surface area contributed by atoms with Gasteiger partial charge in [0.1, 0.15) is 5.25 Å². The Hall–Kier alpha value is -2.22. The number of carbonyl (C=O) groups excluding carboxylic acids is 1. The number of rotatable bonds is 5. The van der Waals surface area contributed by atoms with E-state index < -0.39 is 25.9 Å². The summed E-state index contributed by atoms with van der Waals surface area (Å²) < 4.78 is 25.2. The minimum atomic E-state index is -3.96. The summed E-state index contributed by atoms with van der Waals surface area (Å²) in [5.41, 5.74) is 0.0788. The number of nitrogens with zero attached hydrogens (tertiary/aromatic N) is 1. The lowest BCUT2D eigenvalue weighted by atomic mass is 10.1. The molecule has 1 aromatic carbocycles. The van der Waals surface area contributed by atoms with Crippen molar-refractivity contribution in [2.75, 3.05) is 6.54 Å². The first-order valence-electron chi connectivity index (χ1n) is 6.27. The molecule has 1 aromatic rings. The van der Waals surface area contributed by atoms with Crippen LogP contribution in [0.5, 0.6) is 0 Å². The van der Waals surface area contributed by atoms with Gasteiger partial charge in [0.2, 0.25) is 5.91 Å². The van der Waals surface area contributed by atoms with Crippen LogP contribution in [0.3, 0.4) is 0 Å². The van der Waals surface area contributed by atoms with Gasteiger partial charge in [-0.3, -0.25) is 14.9 Å². The Morgan fingerprint density at radius 1 is 1.48 bits per heavy atom. The molecule has 1 unspecified atom stereocenters. The highest BCUT2D eigenvalue weighted by Gasteiger charge is 2.39. The number of nitrogens with one attached hydrogen (secondary N) is 1. The molecule has 1 atom stereocenters. The first kappa shape index (κ1) is 15.2. The summed E-state index contributed by atoms with van der Waals surface area (Å²) >= 11 is 0. The van der Waals surface area contributed by atoms with Gasteiger partial charge in [0.05, 0.1) is 9.82 Å². The molecule has 2 rings (SSSR count). The molecule has 0 bridgehead atoms. The smallest absolute Gasteiger partial charge is 0.270 e. The average molecular weight is 310 g/mol. The Labute approximate surface area is 121 Å². The number of benzene rings is 1. The number of carbonyl (C=O) groups is 1. The maximum atomic E-state index is 12.6. The third-order valence-corrected chi connectivity index (χ3v) is 5.50. The zero-order chi connectivity index (χ0) is 15.6. The summed E-state index contributed by atoms with van der Waals surface area (Å²) in [6.45, 7) is 3.83. The molecule has 0 radical (unpaired) electrons. The summed E-state index contributed by atoms with van der Waals surface area (Å²) in [5.74, 6) is -0.564. The van der Waals surface area contributed by atoms with E-state index in [-0.39, 0.29) is 30.0 Å². The largest absolute Gasteiger partial charge is 0.355 e. The maximum Gasteiger partial charge on any atom is 0.270 e. The molecule has 1 heterocycles. The second-order valence-corrected chi connectivity index (χ2v) is 6.75. The van der Waals surface area contributed by atoms with Gasteiger partial charge in [0, 0.05) is 18.7 Å². The number of amides is 1. The second kappa shape index (κ2) is 5.65. The molecule has 1 amide bonds. The number of nitro groups is 1. The number of sulfone groups is 1. The van der Waals surface area contributed by atoms with Gasteiger partial charge in [-0.25, -0.2) is 8.42 Å². The van der Waals surface area contributed by atoms with E-state index in [0.717, 1.165) is 6.07 Å². The summed E-state index contributed by atoms with van der Waals surface area (Å²) in [6, 6.07) is 3.64. The Bertz CT molecular complexity index is 711. The van der Waals surface area contributed by atoms with Gasteiger partial charge in [-0.05, 0) is 18.4 Å². The molecule has 0 aromatic heterocycles. The van der Waals surface area contributed by atoms with Crippen LogP contribution in [0.2, 0.25) is 0 Å². The number of allylic oxidation sites excluding steroid dienone is 1. The van der Waals surface area contributed by atoms with Crippen molar-refractivity contribution in [3.8, 4) is 0 Å². The highest BCUT2D eigenvalue weighted by Crippen LogP contribution is 2.28. The van der Waals surface area contributed by atoms with E-state index >= 15 is 0 Å². The fourth-order valence-corrected chi connectivity index (χ4v) is 4.17. The van der Waals surface area contributed by atoms with E-state index in [0.29, 0.717) is 5.56 Å². The zero-order valence-electron chi connectivity index (χ0n) is 11.1. The standard InChI is InChI=1S/C13H14N2O5S/c1-2-3-9-4-5-10(15(17)18)8-12(9)21(19,20)11-6-7-14-13(11)16/h2,4-5,8,11H,1,3,6-7H2,(H,14,16). The first-order chi connectivity index (χ1) is 9.87. The molecule has 1 saturated heterocycles. The summed E-state index contributed by atoms with van der Waals surface area (Å²) in [5, 5.41) is 12.1. The van der Waals surface area contributed by atoms with E-state index in [1.54, 1.807) is 0 Å². The maximum absolute atomic E-state index is 12.6. The minimum absolute atomic E-state index is 0.164. The Balaban J connectivity index is 2.58. The van der Waals surface area contributed by atoms with Crippen molar-refractivity contribution in [1.29, 1.82) is 0 Å². The average Bonchev–Trinajstić information content (AvgIpc) is 2.86. The lowest BCUT2D eigenvalue weighted by molar-refractivity contribution is -0.385. The van der Waals surface area contributed by atoms with Crippen molar-refractivity contribution < 1.29 is 18.1 Å². The van der Waals surface area contributed by atoms with Gasteiger partial charge in [0.15, 0.2) is 9.84 Å². The molecule has 1 aliphatic rings. The quantitative estimate of drug-likeness (QED) is 0.496. The van der Waals surface area contributed by atoms with Crippen LogP contribution in [0.1, 0.15) is 12.0 Å². The molecule has 0 spiro atoms. The summed E-state index contributed by atoms with van der Waals surface area (Å²) in [4.78, 5) is 21.7. The number of nitro benzene ring substituents is 1.